The van der Waals surface area contributed by atoms with Gasteiger partial charge in [-0.05, 0) is 19.1 Å². The van der Waals surface area contributed by atoms with Crippen LogP contribution in [0.4, 0.5) is 0 Å². The van der Waals surface area contributed by atoms with Gasteiger partial charge < -0.3 is 29.4 Å². The lowest BCUT2D eigenvalue weighted by atomic mass is 9.95. The van der Waals surface area contributed by atoms with E-state index in [2.05, 4.69) is 5.32 Å². The highest BCUT2D eigenvalue weighted by Crippen LogP contribution is 2.34. The normalized spacial score (nSPS) is 31.7. The number of carbonyl (C=O) groups is 1. The third-order valence-electron chi connectivity index (χ3n) is 5.10. The molecule has 154 valence electrons. The lowest BCUT2D eigenvalue weighted by Gasteiger charge is -2.47. The summed E-state index contributed by atoms with van der Waals surface area (Å²) in [6.45, 7) is 2.46. The Hall–Kier alpha value is -2.29. The first kappa shape index (κ1) is 20.0. The van der Waals surface area contributed by atoms with Gasteiger partial charge in [-0.15, -0.1) is 0 Å². The van der Waals surface area contributed by atoms with E-state index >= 15 is 0 Å². The van der Waals surface area contributed by atoms with Crippen LogP contribution in [0.1, 0.15) is 29.1 Å². The maximum atomic E-state index is 12.7. The second-order valence-electron chi connectivity index (χ2n) is 7.03. The molecule has 2 heterocycles. The Bertz CT molecular complexity index is 801. The number of fused-ring (bicyclic) bond motifs is 1. The second-order valence-corrected chi connectivity index (χ2v) is 7.03. The molecule has 6 atom stereocenters. The minimum atomic E-state index is -1.02. The number of ether oxygens (including phenoxy) is 4. The van der Waals surface area contributed by atoms with Crippen molar-refractivity contribution in [3.05, 3.63) is 71.8 Å². The Morgan fingerprint density at radius 2 is 1.79 bits per heavy atom. The summed E-state index contributed by atoms with van der Waals surface area (Å²) < 4.78 is 23.5. The zero-order chi connectivity index (χ0) is 20.2. The van der Waals surface area contributed by atoms with Gasteiger partial charge in [0.15, 0.2) is 12.6 Å². The van der Waals surface area contributed by atoms with Crippen molar-refractivity contribution in [2.45, 2.75) is 43.9 Å². The maximum absolute atomic E-state index is 12.7. The predicted molar refractivity (Wildman–Crippen MR) is 104 cm³/mol. The highest BCUT2D eigenvalue weighted by Gasteiger charge is 2.50. The molecule has 2 aliphatic heterocycles. The fourth-order valence-electron chi connectivity index (χ4n) is 3.66. The molecule has 0 spiro atoms. The maximum Gasteiger partial charge on any atom is 0.251 e. The number of aliphatic hydroxyl groups is 1. The van der Waals surface area contributed by atoms with E-state index in [0.717, 1.165) is 5.56 Å². The van der Waals surface area contributed by atoms with Crippen LogP contribution in [0.2, 0.25) is 0 Å². The first-order chi connectivity index (χ1) is 14.2. The Morgan fingerprint density at radius 3 is 2.48 bits per heavy atom. The van der Waals surface area contributed by atoms with Crippen LogP contribution in [0.5, 0.6) is 0 Å². The van der Waals surface area contributed by atoms with Gasteiger partial charge in [0, 0.05) is 17.7 Å². The number of nitrogens with one attached hydrogen (secondary N) is 1. The zero-order valence-corrected chi connectivity index (χ0v) is 16.1. The molecule has 1 unspecified atom stereocenters. The number of carbonyl (C=O) groups excluding carboxylic acids is 1. The third-order valence-corrected chi connectivity index (χ3v) is 5.10. The molecule has 2 aromatic carbocycles. The molecular weight excluding hydrogens is 374 g/mol. The van der Waals surface area contributed by atoms with Crippen LogP contribution in [0, 0.1) is 0 Å². The zero-order valence-electron chi connectivity index (χ0n) is 16.1. The molecule has 0 bridgehead atoms. The van der Waals surface area contributed by atoms with E-state index in [0.29, 0.717) is 12.2 Å². The van der Waals surface area contributed by atoms with Gasteiger partial charge in [-0.3, -0.25) is 4.79 Å². The summed E-state index contributed by atoms with van der Waals surface area (Å²) in [5.74, 6) is -0.312. The van der Waals surface area contributed by atoms with Gasteiger partial charge in [0.05, 0.1) is 6.61 Å². The van der Waals surface area contributed by atoms with Crippen LogP contribution in [-0.4, -0.2) is 54.9 Å². The molecule has 1 amide bonds. The van der Waals surface area contributed by atoms with E-state index < -0.39 is 36.9 Å². The molecule has 0 aromatic heterocycles. The summed E-state index contributed by atoms with van der Waals surface area (Å²) in [6.07, 6.45) is -3.58. The van der Waals surface area contributed by atoms with Crippen LogP contribution in [-0.2, 0) is 18.9 Å². The van der Waals surface area contributed by atoms with E-state index in [1.165, 1.54) is 0 Å². The van der Waals surface area contributed by atoms with E-state index in [4.69, 9.17) is 18.9 Å². The van der Waals surface area contributed by atoms with Crippen molar-refractivity contribution < 1.29 is 28.8 Å². The lowest BCUT2D eigenvalue weighted by molar-refractivity contribution is -0.343. The molecule has 2 N–H and O–H groups in total. The highest BCUT2D eigenvalue weighted by molar-refractivity contribution is 5.94. The van der Waals surface area contributed by atoms with Crippen molar-refractivity contribution in [3.63, 3.8) is 0 Å². The van der Waals surface area contributed by atoms with Crippen molar-refractivity contribution in [1.82, 2.24) is 5.32 Å². The molecule has 0 aliphatic carbocycles. The molecule has 2 saturated heterocycles. The molecule has 0 saturated carbocycles. The van der Waals surface area contributed by atoms with Crippen LogP contribution < -0.4 is 5.32 Å². The molecule has 2 aliphatic rings. The minimum absolute atomic E-state index is 0.254. The molecule has 7 nitrogen and oxygen atoms in total. The second kappa shape index (κ2) is 9.02. The lowest BCUT2D eigenvalue weighted by Crippen LogP contribution is -2.66. The monoisotopic (exact) mass is 399 g/mol. The van der Waals surface area contributed by atoms with Crippen LogP contribution in [0.25, 0.3) is 0 Å². The summed E-state index contributed by atoms with van der Waals surface area (Å²) in [5, 5.41) is 13.9. The summed E-state index contributed by atoms with van der Waals surface area (Å²) in [7, 11) is 0. The van der Waals surface area contributed by atoms with Crippen LogP contribution >= 0.6 is 0 Å². The molecule has 0 radical (unpaired) electrons. The average Bonchev–Trinajstić information content (AvgIpc) is 2.77. The Labute approximate surface area is 169 Å². The molecule has 29 heavy (non-hydrogen) atoms. The fourth-order valence-corrected chi connectivity index (χ4v) is 3.66. The predicted octanol–water partition coefficient (Wildman–Crippen LogP) is 2.02. The van der Waals surface area contributed by atoms with Gasteiger partial charge in [0.1, 0.15) is 24.4 Å². The first-order valence-corrected chi connectivity index (χ1v) is 9.80. The van der Waals surface area contributed by atoms with Gasteiger partial charge in [-0.25, -0.2) is 0 Å². The number of benzene rings is 2. The quantitative estimate of drug-likeness (QED) is 0.800. The van der Waals surface area contributed by atoms with Crippen molar-refractivity contribution >= 4 is 5.91 Å². The third kappa shape index (κ3) is 4.34. The molecule has 4 rings (SSSR count). The summed E-state index contributed by atoms with van der Waals surface area (Å²) >= 11 is 0. The Morgan fingerprint density at radius 1 is 1.10 bits per heavy atom. The highest BCUT2D eigenvalue weighted by atomic mass is 16.7. The molecule has 7 heteroatoms. The van der Waals surface area contributed by atoms with E-state index in [1.54, 1.807) is 24.3 Å². The van der Waals surface area contributed by atoms with E-state index in [-0.39, 0.29) is 12.5 Å². The number of aliphatic hydroxyl groups excluding tert-OH is 1. The van der Waals surface area contributed by atoms with Crippen molar-refractivity contribution in [2.24, 2.45) is 0 Å². The smallest absolute Gasteiger partial charge is 0.251 e. The van der Waals surface area contributed by atoms with Gasteiger partial charge in [-0.1, -0.05) is 48.5 Å². The van der Waals surface area contributed by atoms with Gasteiger partial charge in [-0.2, -0.15) is 0 Å². The Balaban J connectivity index is 1.51. The number of amides is 1. The standard InChI is InChI=1S/C22H25NO6/c1-2-26-22-17(23-20(25)14-9-5-3-6-10-14)18(24)19-16(28-22)13-27-21(29-19)15-11-7-4-8-12-15/h3-12,16-19,21-22,24H,2,13H2,1H3,(H,23,25)/t16-,17-,18-,19-,21?,22+/m1/s1. The first-order valence-electron chi connectivity index (χ1n) is 9.80. The van der Waals surface area contributed by atoms with Crippen molar-refractivity contribution in [1.29, 1.82) is 0 Å². The van der Waals surface area contributed by atoms with Crippen LogP contribution in [0.3, 0.4) is 0 Å². The molecule has 2 aromatic rings. The SMILES string of the molecule is CCO[C@H]1O[C@@H]2COC(c3ccccc3)O[C@H]2[C@H](O)[C@H]1NC(=O)c1ccccc1. The minimum Gasteiger partial charge on any atom is -0.388 e. The topological polar surface area (TPSA) is 86.2 Å². The Kier molecular flexibility index (Phi) is 6.22. The van der Waals surface area contributed by atoms with Crippen molar-refractivity contribution in [3.8, 4) is 0 Å². The van der Waals surface area contributed by atoms with Gasteiger partial charge >= 0.3 is 0 Å². The van der Waals surface area contributed by atoms with Gasteiger partial charge in [0.25, 0.3) is 5.91 Å². The number of rotatable bonds is 5. The fraction of sp³-hybridized carbons (Fsp3) is 0.409. The van der Waals surface area contributed by atoms with Crippen molar-refractivity contribution in [2.75, 3.05) is 13.2 Å². The van der Waals surface area contributed by atoms with Gasteiger partial charge in [0.2, 0.25) is 0 Å². The van der Waals surface area contributed by atoms with E-state index in [1.807, 2.05) is 43.3 Å². The summed E-state index contributed by atoms with van der Waals surface area (Å²) in [4.78, 5) is 12.7. The number of hydrogen-bond acceptors (Lipinski definition) is 6. The van der Waals surface area contributed by atoms with Crippen LogP contribution in [0.15, 0.2) is 60.7 Å². The number of hydrogen-bond donors (Lipinski definition) is 2. The van der Waals surface area contributed by atoms with E-state index in [9.17, 15) is 9.90 Å². The summed E-state index contributed by atoms with van der Waals surface area (Å²) in [6, 6.07) is 17.6. The molecule has 2 fully saturated rings. The average molecular weight is 399 g/mol. The molecular formula is C22H25NO6. The summed E-state index contributed by atoms with van der Waals surface area (Å²) in [5.41, 5.74) is 1.35. The largest absolute Gasteiger partial charge is 0.388 e.